The molecule has 0 unspecified atom stereocenters. The van der Waals surface area contributed by atoms with Crippen molar-refractivity contribution >= 4 is 23.3 Å². The van der Waals surface area contributed by atoms with Crippen LogP contribution in [0.2, 0.25) is 0 Å². The molecule has 5 nitrogen and oxygen atoms in total. The molecule has 27 heavy (non-hydrogen) atoms. The van der Waals surface area contributed by atoms with E-state index in [9.17, 15) is 0 Å². The number of allylic oxidation sites excluding steroid dienone is 2. The Morgan fingerprint density at radius 1 is 1.07 bits per heavy atom. The monoisotopic (exact) mass is 361 g/mol. The van der Waals surface area contributed by atoms with Crippen LogP contribution < -0.4 is 16.4 Å². The minimum absolute atomic E-state index is 0.465. The first kappa shape index (κ1) is 20.0. The average Bonchev–Trinajstić information content (AvgIpc) is 2.64. The van der Waals surface area contributed by atoms with E-state index >= 15 is 0 Å². The lowest BCUT2D eigenvalue weighted by molar-refractivity contribution is 1.20. The average molecular weight is 361 g/mol. The highest BCUT2D eigenvalue weighted by atomic mass is 15.1. The Bertz CT molecular complexity index is 855. The van der Waals surface area contributed by atoms with Gasteiger partial charge in [-0.15, -0.1) is 0 Å². The van der Waals surface area contributed by atoms with Crippen molar-refractivity contribution < 1.29 is 0 Å². The SMILES string of the molecule is C=C(Nc1ccc(C)cc1)Nc1ccc(C(=N/C)/C(CC=N)=C(\C)N)cc1. The highest BCUT2D eigenvalue weighted by Crippen LogP contribution is 2.18. The van der Waals surface area contributed by atoms with Crippen LogP contribution >= 0.6 is 0 Å². The van der Waals surface area contributed by atoms with Crippen molar-refractivity contribution in [3.63, 3.8) is 0 Å². The number of hydrogen-bond acceptors (Lipinski definition) is 5. The molecule has 0 radical (unpaired) electrons. The molecule has 0 aliphatic carbocycles. The second-order valence-electron chi connectivity index (χ2n) is 6.31. The molecule has 2 aromatic rings. The molecule has 0 aliphatic rings. The molecule has 5 heteroatoms. The predicted octanol–water partition coefficient (Wildman–Crippen LogP) is 4.68. The van der Waals surface area contributed by atoms with E-state index in [1.165, 1.54) is 11.8 Å². The van der Waals surface area contributed by atoms with Crippen LogP contribution in [0.3, 0.4) is 0 Å². The number of nitrogens with two attached hydrogens (primary N) is 1. The Morgan fingerprint density at radius 2 is 1.59 bits per heavy atom. The van der Waals surface area contributed by atoms with Gasteiger partial charge in [0.1, 0.15) is 5.82 Å². The van der Waals surface area contributed by atoms with E-state index in [4.69, 9.17) is 11.1 Å². The third-order valence-corrected chi connectivity index (χ3v) is 4.09. The van der Waals surface area contributed by atoms with E-state index in [0.29, 0.717) is 17.9 Å². The van der Waals surface area contributed by atoms with Crippen molar-refractivity contribution in [1.29, 1.82) is 5.41 Å². The van der Waals surface area contributed by atoms with E-state index in [-0.39, 0.29) is 0 Å². The molecular weight excluding hydrogens is 334 g/mol. The molecule has 140 valence electrons. The molecule has 0 spiro atoms. The van der Waals surface area contributed by atoms with E-state index < -0.39 is 0 Å². The standard InChI is InChI=1S/C22H27N5/c1-15-5-9-19(10-6-15)26-17(3)27-20-11-7-18(8-12-20)22(25-4)21(13-14-23)16(2)24/h5-12,14,23,26-27H,3,13,24H2,1-2,4H3/b21-16+,23-14?,25-22-. The summed E-state index contributed by atoms with van der Waals surface area (Å²) in [6.45, 7) is 7.91. The summed E-state index contributed by atoms with van der Waals surface area (Å²) < 4.78 is 0. The number of nitrogens with zero attached hydrogens (tertiary/aromatic N) is 1. The Hall–Kier alpha value is -3.34. The molecule has 0 aliphatic heterocycles. The predicted molar refractivity (Wildman–Crippen MR) is 117 cm³/mol. The smallest absolute Gasteiger partial charge is 0.100 e. The molecule has 0 fully saturated rings. The van der Waals surface area contributed by atoms with E-state index in [0.717, 1.165) is 28.2 Å². The van der Waals surface area contributed by atoms with Gasteiger partial charge in [0.2, 0.25) is 0 Å². The molecular formula is C22H27N5. The van der Waals surface area contributed by atoms with Crippen molar-refractivity contribution in [2.45, 2.75) is 20.3 Å². The van der Waals surface area contributed by atoms with Crippen LogP contribution in [0.25, 0.3) is 0 Å². The van der Waals surface area contributed by atoms with Crippen molar-refractivity contribution in [3.05, 3.63) is 83.3 Å². The number of nitrogens with one attached hydrogen (secondary N) is 3. The summed E-state index contributed by atoms with van der Waals surface area (Å²) in [5, 5.41) is 13.9. The van der Waals surface area contributed by atoms with Gasteiger partial charge in [-0.3, -0.25) is 4.99 Å². The molecule has 0 amide bonds. The van der Waals surface area contributed by atoms with Gasteiger partial charge in [0.15, 0.2) is 0 Å². The Labute approximate surface area is 161 Å². The summed E-state index contributed by atoms with van der Waals surface area (Å²) in [5.41, 5.74) is 12.4. The number of rotatable bonds is 8. The van der Waals surface area contributed by atoms with Crippen LogP contribution in [0.5, 0.6) is 0 Å². The van der Waals surface area contributed by atoms with Gasteiger partial charge in [0.05, 0.1) is 5.71 Å². The Balaban J connectivity index is 2.09. The molecule has 2 aromatic carbocycles. The summed E-state index contributed by atoms with van der Waals surface area (Å²) >= 11 is 0. The Kier molecular flexibility index (Phi) is 6.94. The minimum Gasteiger partial charge on any atom is -0.402 e. The summed E-state index contributed by atoms with van der Waals surface area (Å²) in [6, 6.07) is 16.0. The van der Waals surface area contributed by atoms with Gasteiger partial charge in [-0.2, -0.15) is 0 Å². The Morgan fingerprint density at radius 3 is 2.04 bits per heavy atom. The van der Waals surface area contributed by atoms with Gasteiger partial charge < -0.3 is 21.8 Å². The fourth-order valence-corrected chi connectivity index (χ4v) is 2.71. The lowest BCUT2D eigenvalue weighted by Gasteiger charge is -2.14. The van der Waals surface area contributed by atoms with Gasteiger partial charge in [0, 0.05) is 41.7 Å². The highest BCUT2D eigenvalue weighted by molar-refractivity contribution is 6.14. The van der Waals surface area contributed by atoms with Gasteiger partial charge in [0.25, 0.3) is 0 Å². The number of hydrogen-bond donors (Lipinski definition) is 4. The van der Waals surface area contributed by atoms with Crippen LogP contribution in [0.15, 0.2) is 77.2 Å². The highest BCUT2D eigenvalue weighted by Gasteiger charge is 2.11. The van der Waals surface area contributed by atoms with Gasteiger partial charge >= 0.3 is 0 Å². The maximum Gasteiger partial charge on any atom is 0.100 e. The van der Waals surface area contributed by atoms with E-state index in [2.05, 4.69) is 41.3 Å². The fourth-order valence-electron chi connectivity index (χ4n) is 2.71. The summed E-state index contributed by atoms with van der Waals surface area (Å²) in [7, 11) is 1.74. The summed E-state index contributed by atoms with van der Waals surface area (Å²) in [6.07, 6.45) is 1.81. The maximum atomic E-state index is 7.38. The largest absolute Gasteiger partial charge is 0.402 e. The second-order valence-corrected chi connectivity index (χ2v) is 6.31. The maximum absolute atomic E-state index is 7.38. The summed E-state index contributed by atoms with van der Waals surface area (Å²) in [4.78, 5) is 4.38. The number of aryl methyl sites for hydroxylation is 1. The van der Waals surface area contributed by atoms with Crippen molar-refractivity contribution in [1.82, 2.24) is 0 Å². The van der Waals surface area contributed by atoms with Crippen LogP contribution in [0.4, 0.5) is 11.4 Å². The number of anilines is 2. The first-order chi connectivity index (χ1) is 12.9. The lowest BCUT2D eigenvalue weighted by Crippen LogP contribution is -2.12. The van der Waals surface area contributed by atoms with Crippen molar-refractivity contribution in [3.8, 4) is 0 Å². The first-order valence-electron chi connectivity index (χ1n) is 8.76. The third-order valence-electron chi connectivity index (χ3n) is 4.09. The molecule has 0 saturated heterocycles. The van der Waals surface area contributed by atoms with Gasteiger partial charge in [-0.1, -0.05) is 36.4 Å². The molecule has 5 N–H and O–H groups in total. The molecule has 0 atom stereocenters. The molecule has 2 rings (SSSR count). The fraction of sp³-hybridized carbons (Fsp3) is 0.182. The summed E-state index contributed by atoms with van der Waals surface area (Å²) in [5.74, 6) is 0.693. The first-order valence-corrected chi connectivity index (χ1v) is 8.76. The van der Waals surface area contributed by atoms with E-state index in [1.54, 1.807) is 7.05 Å². The van der Waals surface area contributed by atoms with E-state index in [1.807, 2.05) is 43.3 Å². The van der Waals surface area contributed by atoms with Crippen LogP contribution in [0, 0.1) is 12.3 Å². The quantitative estimate of drug-likeness (QED) is 0.515. The molecule has 0 heterocycles. The van der Waals surface area contributed by atoms with Crippen LogP contribution in [-0.4, -0.2) is 19.0 Å². The van der Waals surface area contributed by atoms with Crippen LogP contribution in [0.1, 0.15) is 24.5 Å². The number of aliphatic imine (C=N–C) groups is 1. The minimum atomic E-state index is 0.465. The van der Waals surface area contributed by atoms with Crippen molar-refractivity contribution in [2.24, 2.45) is 10.7 Å². The van der Waals surface area contributed by atoms with Crippen molar-refractivity contribution in [2.75, 3.05) is 17.7 Å². The molecule has 0 saturated carbocycles. The zero-order valence-electron chi connectivity index (χ0n) is 16.1. The topological polar surface area (TPSA) is 86.3 Å². The lowest BCUT2D eigenvalue weighted by atomic mass is 9.98. The number of benzene rings is 2. The second kappa shape index (κ2) is 9.38. The molecule has 0 aromatic heterocycles. The van der Waals surface area contributed by atoms with Gasteiger partial charge in [-0.05, 0) is 44.3 Å². The third kappa shape index (κ3) is 5.57. The normalized spacial score (nSPS) is 12.2. The zero-order chi connectivity index (χ0) is 19.8. The molecule has 0 bridgehead atoms. The van der Waals surface area contributed by atoms with Gasteiger partial charge in [-0.25, -0.2) is 0 Å². The van der Waals surface area contributed by atoms with Crippen LogP contribution in [-0.2, 0) is 0 Å². The zero-order valence-corrected chi connectivity index (χ0v) is 16.1.